The topological polar surface area (TPSA) is 149 Å². The summed E-state index contributed by atoms with van der Waals surface area (Å²) in [4.78, 5) is 34.9. The van der Waals surface area contributed by atoms with Crippen LogP contribution in [0.1, 0.15) is 111 Å². The van der Waals surface area contributed by atoms with Crippen molar-refractivity contribution in [2.45, 2.75) is 123 Å². The first-order valence-corrected chi connectivity index (χ1v) is 15.8. The van der Waals surface area contributed by atoms with Crippen LogP contribution in [-0.4, -0.2) is 68.8 Å². The molecule has 2 atom stereocenters. The number of rotatable bonds is 10. The summed E-state index contributed by atoms with van der Waals surface area (Å²) in [6, 6.07) is 2.38. The molecule has 0 unspecified atom stereocenters. The molecule has 0 spiro atoms. The highest BCUT2D eigenvalue weighted by molar-refractivity contribution is 5.99. The van der Waals surface area contributed by atoms with Crippen LogP contribution in [0.15, 0.2) is 27.7 Å². The molecular weight excluding hydrogens is 623 g/mol. The zero-order valence-electron chi connectivity index (χ0n) is 28.1. The van der Waals surface area contributed by atoms with E-state index in [-0.39, 0.29) is 48.6 Å². The molecule has 2 aromatic rings. The number of aliphatic hydroxyl groups excluding tert-OH is 1. The molecule has 2 heterocycles. The van der Waals surface area contributed by atoms with Gasteiger partial charge in [-0.1, -0.05) is 44.2 Å². The minimum atomic E-state index is -4.71. The van der Waals surface area contributed by atoms with Gasteiger partial charge >= 0.3 is 18.4 Å². The van der Waals surface area contributed by atoms with Crippen LogP contribution in [0.25, 0.3) is 11.4 Å². The van der Waals surface area contributed by atoms with Gasteiger partial charge in [0.1, 0.15) is 23.0 Å². The highest BCUT2D eigenvalue weighted by Crippen LogP contribution is 2.39. The standard InChI is InChI=1S/C32H46F3N5O7/c1-8-9-10-11-12-13-18-44-23-15-14-20(19-21(23)32(33,34)35)25-36-26(47-39-25)24-22(41)16-17-40(24)27(37-28(42)45-30(2,3)4)38-29(43)46-31(5,6)7/h14-15,19,22,24,41H,8-13,16-18H2,1-7H3,(H,37,38,42,43)/t22-,24-/m0/s1. The molecule has 0 bridgehead atoms. The van der Waals surface area contributed by atoms with Crippen LogP contribution in [0.2, 0.25) is 0 Å². The Labute approximate surface area is 273 Å². The maximum absolute atomic E-state index is 14.0. The molecule has 15 heteroatoms. The molecule has 0 aliphatic carbocycles. The van der Waals surface area contributed by atoms with Gasteiger partial charge in [0.05, 0.1) is 18.3 Å². The van der Waals surface area contributed by atoms with Gasteiger partial charge in [0.2, 0.25) is 11.8 Å². The van der Waals surface area contributed by atoms with Gasteiger partial charge in [0, 0.05) is 12.1 Å². The van der Waals surface area contributed by atoms with Crippen molar-refractivity contribution in [3.05, 3.63) is 29.7 Å². The summed E-state index contributed by atoms with van der Waals surface area (Å²) >= 11 is 0. The number of carbonyl (C=O) groups excluding carboxylic acids is 2. The lowest BCUT2D eigenvalue weighted by atomic mass is 10.1. The summed E-state index contributed by atoms with van der Waals surface area (Å²) in [6.07, 6.45) is -1.82. The fourth-order valence-corrected chi connectivity index (χ4v) is 4.80. The lowest BCUT2D eigenvalue weighted by Gasteiger charge is -2.28. The van der Waals surface area contributed by atoms with E-state index in [1.807, 2.05) is 0 Å². The number of guanidine groups is 1. The number of aromatic nitrogens is 2. The van der Waals surface area contributed by atoms with Crippen molar-refractivity contribution in [2.75, 3.05) is 13.2 Å². The number of hydrogen-bond donors (Lipinski definition) is 2. The Kier molecular flexibility index (Phi) is 12.6. The third-order valence-electron chi connectivity index (χ3n) is 6.83. The van der Waals surface area contributed by atoms with Crippen molar-refractivity contribution in [1.82, 2.24) is 20.4 Å². The molecule has 1 fully saturated rings. The summed E-state index contributed by atoms with van der Waals surface area (Å²) in [5, 5.41) is 17.2. The molecule has 1 aromatic carbocycles. The highest BCUT2D eigenvalue weighted by atomic mass is 19.4. The number of alkyl carbamates (subject to hydrolysis) is 1. The average molecular weight is 670 g/mol. The van der Waals surface area contributed by atoms with Crippen molar-refractivity contribution in [3.8, 4) is 17.1 Å². The zero-order valence-corrected chi connectivity index (χ0v) is 28.1. The summed E-state index contributed by atoms with van der Waals surface area (Å²) in [5.74, 6) is -0.948. The number of hydrogen-bond acceptors (Lipinski definition) is 9. The lowest BCUT2D eigenvalue weighted by molar-refractivity contribution is -0.138. The predicted octanol–water partition coefficient (Wildman–Crippen LogP) is 7.42. The van der Waals surface area contributed by atoms with E-state index in [0.717, 1.165) is 38.2 Å². The van der Waals surface area contributed by atoms with Gasteiger partial charge in [0.15, 0.2) is 0 Å². The van der Waals surface area contributed by atoms with E-state index in [1.165, 1.54) is 17.0 Å². The number of unbranched alkanes of at least 4 members (excludes halogenated alkanes) is 5. The number of halogens is 3. The smallest absolute Gasteiger partial charge is 0.437 e. The van der Waals surface area contributed by atoms with Gasteiger partial charge in [-0.15, -0.1) is 4.99 Å². The summed E-state index contributed by atoms with van der Waals surface area (Å²) in [5.41, 5.74) is -2.75. The number of ether oxygens (including phenoxy) is 3. The van der Waals surface area contributed by atoms with E-state index in [2.05, 4.69) is 27.4 Å². The average Bonchev–Trinajstić information content (AvgIpc) is 3.56. The van der Waals surface area contributed by atoms with Crippen LogP contribution in [0, 0.1) is 0 Å². The molecular formula is C32H46F3N5O7. The van der Waals surface area contributed by atoms with E-state index >= 15 is 0 Å². The largest absolute Gasteiger partial charge is 0.493 e. The van der Waals surface area contributed by atoms with E-state index in [0.29, 0.717) is 6.42 Å². The SMILES string of the molecule is CCCCCCCCOc1ccc(-c2noc([C@@H]3[C@@H](O)CCN3C(=NC(=O)OC(C)(C)C)NC(=O)OC(C)(C)C)n2)cc1C(F)(F)F. The van der Waals surface area contributed by atoms with Crippen LogP contribution in [0.3, 0.4) is 0 Å². The minimum absolute atomic E-state index is 0.00722. The van der Waals surface area contributed by atoms with E-state index in [9.17, 15) is 27.9 Å². The fourth-order valence-electron chi connectivity index (χ4n) is 4.80. The molecule has 1 saturated heterocycles. The van der Waals surface area contributed by atoms with E-state index < -0.39 is 47.3 Å². The molecule has 1 aliphatic rings. The van der Waals surface area contributed by atoms with Gasteiger partial charge in [-0.2, -0.15) is 18.2 Å². The number of aliphatic imine (C=N–C) groups is 1. The number of nitrogens with one attached hydrogen (secondary N) is 1. The Morgan fingerprint density at radius 1 is 1.04 bits per heavy atom. The molecule has 2 N–H and O–H groups in total. The minimum Gasteiger partial charge on any atom is -0.493 e. The molecule has 0 radical (unpaired) electrons. The maximum atomic E-state index is 14.0. The first kappa shape index (κ1) is 37.6. The second-order valence-corrected chi connectivity index (χ2v) is 13.3. The molecule has 2 amide bonds. The second kappa shape index (κ2) is 15.8. The third-order valence-corrected chi connectivity index (χ3v) is 6.83. The predicted molar refractivity (Wildman–Crippen MR) is 167 cm³/mol. The quantitative estimate of drug-likeness (QED) is 0.149. The molecule has 1 aliphatic heterocycles. The zero-order chi connectivity index (χ0) is 35.0. The number of amides is 2. The first-order chi connectivity index (χ1) is 21.9. The van der Waals surface area contributed by atoms with Crippen LogP contribution >= 0.6 is 0 Å². The number of benzene rings is 1. The molecule has 3 rings (SSSR count). The summed E-state index contributed by atoms with van der Waals surface area (Å²) in [6.45, 7) is 12.2. The summed E-state index contributed by atoms with van der Waals surface area (Å²) < 4.78 is 63.6. The number of likely N-dealkylation sites (tertiary alicyclic amines) is 1. The highest BCUT2D eigenvalue weighted by Gasteiger charge is 2.42. The number of nitrogens with zero attached hydrogens (tertiary/aromatic N) is 4. The van der Waals surface area contributed by atoms with Crippen LogP contribution < -0.4 is 10.1 Å². The Hall–Kier alpha value is -3.88. The Morgan fingerprint density at radius 2 is 1.70 bits per heavy atom. The van der Waals surface area contributed by atoms with Crippen molar-refractivity contribution < 1.29 is 46.6 Å². The molecule has 0 saturated carbocycles. The van der Waals surface area contributed by atoms with Gasteiger partial charge < -0.3 is 28.7 Å². The molecule has 1 aromatic heterocycles. The third kappa shape index (κ3) is 11.7. The molecule has 47 heavy (non-hydrogen) atoms. The van der Waals surface area contributed by atoms with Gasteiger partial charge in [-0.3, -0.25) is 5.32 Å². The number of carbonyl (C=O) groups is 2. The monoisotopic (exact) mass is 669 g/mol. The number of aliphatic hydroxyl groups is 1. The van der Waals surface area contributed by atoms with E-state index in [4.69, 9.17) is 18.7 Å². The number of alkyl halides is 3. The Morgan fingerprint density at radius 3 is 2.34 bits per heavy atom. The van der Waals surface area contributed by atoms with Crippen LogP contribution in [0.5, 0.6) is 5.75 Å². The Balaban J connectivity index is 1.87. The molecule has 262 valence electrons. The first-order valence-electron chi connectivity index (χ1n) is 15.8. The lowest BCUT2D eigenvalue weighted by Crippen LogP contribution is -2.47. The second-order valence-electron chi connectivity index (χ2n) is 13.3. The van der Waals surface area contributed by atoms with Crippen LogP contribution in [-0.2, 0) is 15.7 Å². The van der Waals surface area contributed by atoms with Crippen molar-refractivity contribution in [2.24, 2.45) is 4.99 Å². The van der Waals surface area contributed by atoms with Crippen molar-refractivity contribution >= 4 is 18.1 Å². The van der Waals surface area contributed by atoms with Crippen molar-refractivity contribution in [1.29, 1.82) is 0 Å². The Bertz CT molecular complexity index is 1380. The van der Waals surface area contributed by atoms with Crippen LogP contribution in [0.4, 0.5) is 22.8 Å². The van der Waals surface area contributed by atoms with Crippen molar-refractivity contribution in [3.63, 3.8) is 0 Å². The summed E-state index contributed by atoms with van der Waals surface area (Å²) in [7, 11) is 0. The normalized spacial score (nSPS) is 17.5. The van der Waals surface area contributed by atoms with Gasteiger partial charge in [-0.05, 0) is 72.6 Å². The van der Waals surface area contributed by atoms with E-state index in [1.54, 1.807) is 41.5 Å². The molecule has 12 nitrogen and oxygen atoms in total. The fraction of sp³-hybridized carbons (Fsp3) is 0.656. The van der Waals surface area contributed by atoms with Gasteiger partial charge in [-0.25, -0.2) is 9.59 Å². The van der Waals surface area contributed by atoms with Gasteiger partial charge in [0.25, 0.3) is 5.89 Å². The maximum Gasteiger partial charge on any atom is 0.437 e.